The molecule has 0 aliphatic heterocycles. The van der Waals surface area contributed by atoms with E-state index in [1.807, 2.05) is 0 Å². The van der Waals surface area contributed by atoms with Gasteiger partial charge in [0.2, 0.25) is 0 Å². The number of Topliss-reactive ketones (excluding diaryl/α,β-unsaturated/α-hetero) is 1. The SMILES string of the molecule is CS/N=C/C(C(C)=O)=C(/C)O. The standard InChI is InChI=1S/C7H11NO2S/c1-5(9)7(6(2)10)4-8-11-3/h4,9H,1-3H3/b7-5+,8-4+. The molecule has 0 aromatic heterocycles. The second-order valence-electron chi connectivity index (χ2n) is 1.97. The summed E-state index contributed by atoms with van der Waals surface area (Å²) in [7, 11) is 0. The van der Waals surface area contributed by atoms with Gasteiger partial charge in [-0.05, 0) is 25.8 Å². The maximum absolute atomic E-state index is 10.8. The Morgan fingerprint density at radius 2 is 2.09 bits per heavy atom. The number of hydrogen-bond donors (Lipinski definition) is 1. The van der Waals surface area contributed by atoms with Crippen LogP contribution >= 0.6 is 11.9 Å². The van der Waals surface area contributed by atoms with Crippen molar-refractivity contribution in [3.8, 4) is 0 Å². The Morgan fingerprint density at radius 1 is 1.55 bits per heavy atom. The number of carbonyl (C=O) groups excluding carboxylic acids is 1. The van der Waals surface area contributed by atoms with E-state index >= 15 is 0 Å². The lowest BCUT2D eigenvalue weighted by Crippen LogP contribution is -2.00. The van der Waals surface area contributed by atoms with Crippen LogP contribution in [0.4, 0.5) is 0 Å². The Balaban J connectivity index is 4.51. The molecule has 0 atom stereocenters. The topological polar surface area (TPSA) is 49.7 Å². The van der Waals surface area contributed by atoms with E-state index < -0.39 is 0 Å². The van der Waals surface area contributed by atoms with E-state index in [0.29, 0.717) is 0 Å². The largest absolute Gasteiger partial charge is 0.512 e. The third-order valence-electron chi connectivity index (χ3n) is 1.06. The molecular weight excluding hydrogens is 162 g/mol. The molecule has 11 heavy (non-hydrogen) atoms. The molecule has 0 aromatic rings. The molecule has 0 rings (SSSR count). The molecule has 3 nitrogen and oxygen atoms in total. The Kier molecular flexibility index (Phi) is 4.61. The van der Waals surface area contributed by atoms with E-state index in [-0.39, 0.29) is 17.1 Å². The third-order valence-corrected chi connectivity index (χ3v) is 1.37. The highest BCUT2D eigenvalue weighted by atomic mass is 32.2. The van der Waals surface area contributed by atoms with Crippen molar-refractivity contribution in [2.75, 3.05) is 6.26 Å². The number of aliphatic hydroxyl groups excluding tert-OH is 1. The van der Waals surface area contributed by atoms with Gasteiger partial charge in [-0.3, -0.25) is 4.79 Å². The highest BCUT2D eigenvalue weighted by molar-refractivity contribution is 7.97. The van der Waals surface area contributed by atoms with E-state index in [1.54, 1.807) is 6.26 Å². The molecule has 0 fully saturated rings. The van der Waals surface area contributed by atoms with Gasteiger partial charge in [0.05, 0.1) is 5.57 Å². The first-order valence-electron chi connectivity index (χ1n) is 3.07. The molecule has 0 saturated carbocycles. The van der Waals surface area contributed by atoms with Gasteiger partial charge in [-0.25, -0.2) is 4.40 Å². The summed E-state index contributed by atoms with van der Waals surface area (Å²) < 4.78 is 3.77. The summed E-state index contributed by atoms with van der Waals surface area (Å²) in [5.41, 5.74) is 0.263. The van der Waals surface area contributed by atoms with Crippen LogP contribution in [0.25, 0.3) is 0 Å². The number of aliphatic hydroxyl groups is 1. The monoisotopic (exact) mass is 173 g/mol. The van der Waals surface area contributed by atoms with Crippen molar-refractivity contribution in [1.29, 1.82) is 0 Å². The third kappa shape index (κ3) is 3.83. The number of ketones is 1. The first-order chi connectivity index (χ1) is 5.09. The molecule has 0 unspecified atom stereocenters. The molecule has 0 bridgehead atoms. The molecule has 0 spiro atoms. The molecule has 0 heterocycles. The minimum Gasteiger partial charge on any atom is -0.512 e. The molecule has 0 amide bonds. The lowest BCUT2D eigenvalue weighted by molar-refractivity contribution is -0.113. The van der Waals surface area contributed by atoms with Crippen LogP contribution in [0.1, 0.15) is 13.8 Å². The zero-order chi connectivity index (χ0) is 8.85. The predicted octanol–water partition coefficient (Wildman–Crippen LogP) is 1.76. The van der Waals surface area contributed by atoms with Crippen LogP contribution in [0.3, 0.4) is 0 Å². The van der Waals surface area contributed by atoms with Crippen molar-refractivity contribution in [2.45, 2.75) is 13.8 Å². The van der Waals surface area contributed by atoms with Gasteiger partial charge in [-0.15, -0.1) is 0 Å². The molecule has 62 valence electrons. The van der Waals surface area contributed by atoms with Crippen molar-refractivity contribution in [1.82, 2.24) is 0 Å². The van der Waals surface area contributed by atoms with Crippen LogP contribution in [0.15, 0.2) is 15.7 Å². The average molecular weight is 173 g/mol. The van der Waals surface area contributed by atoms with Crippen LogP contribution in [-0.2, 0) is 4.79 Å². The maximum Gasteiger partial charge on any atom is 0.164 e. The van der Waals surface area contributed by atoms with Gasteiger partial charge in [0.15, 0.2) is 5.78 Å². The van der Waals surface area contributed by atoms with E-state index in [0.717, 1.165) is 0 Å². The quantitative estimate of drug-likeness (QED) is 0.306. The molecule has 4 heteroatoms. The highest BCUT2D eigenvalue weighted by Gasteiger charge is 2.03. The van der Waals surface area contributed by atoms with Crippen LogP contribution < -0.4 is 0 Å². The van der Waals surface area contributed by atoms with Gasteiger partial charge in [0.1, 0.15) is 5.76 Å². The van der Waals surface area contributed by atoms with Crippen molar-refractivity contribution in [3.05, 3.63) is 11.3 Å². The Bertz CT molecular complexity index is 204. The number of carbonyl (C=O) groups is 1. The van der Waals surface area contributed by atoms with E-state index in [1.165, 1.54) is 32.0 Å². The Morgan fingerprint density at radius 3 is 2.36 bits per heavy atom. The van der Waals surface area contributed by atoms with Gasteiger partial charge >= 0.3 is 0 Å². The fraction of sp³-hybridized carbons (Fsp3) is 0.429. The zero-order valence-corrected chi connectivity index (χ0v) is 7.60. The van der Waals surface area contributed by atoms with Crippen LogP contribution in [0, 0.1) is 0 Å². The molecule has 0 aliphatic carbocycles. The van der Waals surface area contributed by atoms with Gasteiger partial charge in [-0.2, -0.15) is 0 Å². The molecule has 0 saturated heterocycles. The Labute approximate surface area is 70.3 Å². The molecule has 0 radical (unpaired) electrons. The fourth-order valence-corrected chi connectivity index (χ4v) is 0.755. The second-order valence-corrected chi connectivity index (χ2v) is 2.55. The lowest BCUT2D eigenvalue weighted by Gasteiger charge is -1.95. The zero-order valence-electron chi connectivity index (χ0n) is 6.79. The molecule has 1 N–H and O–H groups in total. The van der Waals surface area contributed by atoms with E-state index in [9.17, 15) is 4.79 Å². The number of rotatable bonds is 3. The van der Waals surface area contributed by atoms with Gasteiger partial charge in [0.25, 0.3) is 0 Å². The number of nitrogens with zero attached hydrogens (tertiary/aromatic N) is 1. The van der Waals surface area contributed by atoms with E-state index in [4.69, 9.17) is 5.11 Å². The highest BCUT2D eigenvalue weighted by Crippen LogP contribution is 2.01. The van der Waals surface area contributed by atoms with Crippen molar-refractivity contribution in [3.63, 3.8) is 0 Å². The first kappa shape index (κ1) is 10.2. The van der Waals surface area contributed by atoms with Crippen LogP contribution in [0.2, 0.25) is 0 Å². The molecule has 0 aromatic carbocycles. The minimum atomic E-state index is -0.178. The van der Waals surface area contributed by atoms with Gasteiger partial charge in [0, 0.05) is 12.5 Å². The van der Waals surface area contributed by atoms with Crippen molar-refractivity contribution >= 4 is 23.9 Å². The van der Waals surface area contributed by atoms with Gasteiger partial charge in [-0.1, -0.05) is 0 Å². The lowest BCUT2D eigenvalue weighted by atomic mass is 10.2. The maximum atomic E-state index is 10.8. The van der Waals surface area contributed by atoms with Crippen LogP contribution in [0.5, 0.6) is 0 Å². The Hall–Kier alpha value is -0.770. The summed E-state index contributed by atoms with van der Waals surface area (Å²) in [5, 5.41) is 8.97. The normalized spacial score (nSPS) is 13.4. The summed E-state index contributed by atoms with van der Waals surface area (Å²) in [5.74, 6) is -0.168. The van der Waals surface area contributed by atoms with E-state index in [2.05, 4.69) is 4.40 Å². The summed E-state index contributed by atoms with van der Waals surface area (Å²) in [6.45, 7) is 2.85. The first-order valence-corrected chi connectivity index (χ1v) is 4.25. The van der Waals surface area contributed by atoms with Crippen molar-refractivity contribution < 1.29 is 9.90 Å². The molecular formula is C7H11NO2S. The summed E-state index contributed by atoms with van der Waals surface area (Å²) in [6, 6.07) is 0. The van der Waals surface area contributed by atoms with Crippen molar-refractivity contribution in [2.24, 2.45) is 4.40 Å². The average Bonchev–Trinajstić information content (AvgIpc) is 1.87. The number of allylic oxidation sites excluding steroid dienone is 2. The summed E-state index contributed by atoms with van der Waals surface area (Å²) in [4.78, 5) is 10.8. The van der Waals surface area contributed by atoms with Crippen LogP contribution in [-0.4, -0.2) is 23.4 Å². The minimum absolute atomic E-state index is 0.00954. The second kappa shape index (κ2) is 4.96. The molecule has 0 aliphatic rings. The number of hydrogen-bond acceptors (Lipinski definition) is 4. The predicted molar refractivity (Wildman–Crippen MR) is 48.0 cm³/mol. The summed E-state index contributed by atoms with van der Waals surface area (Å²) >= 11 is 1.24. The fourth-order valence-electron chi connectivity index (χ4n) is 0.544. The summed E-state index contributed by atoms with van der Waals surface area (Å²) in [6.07, 6.45) is 3.14. The smallest absolute Gasteiger partial charge is 0.164 e. The van der Waals surface area contributed by atoms with Gasteiger partial charge < -0.3 is 5.11 Å².